The number of Topliss-reactive ketones (excluding diaryl/α,β-unsaturated/α-hetero) is 2. The zero-order valence-electron chi connectivity index (χ0n) is 41.2. The van der Waals surface area contributed by atoms with Gasteiger partial charge in [0.1, 0.15) is 12.5 Å². The number of methoxy groups -OCH3 is 1. The number of carbonyl (C=O) groups is 4. The SMILES string of the molecule is CCCCC[C@@H](C)CCC[C@@H](C)CCC/C(C)=C/COC(=O)CC[C@@H]1/C2=C3/c4[n-]c(c(C)c4C(=O)[C@@H]3C(=O)OC)/C=C3\[N-]/C(=C\c4[n-]c(c(C)c4C(C)=O)/C=C(/[N-]2)[C@H]1C)[C@H](C)[C@H]3CC.[Mg+2]. The molecule has 0 aromatic carbocycles. The molecule has 2 saturated heterocycles. The molecule has 0 saturated carbocycles. The number of aromatic nitrogens is 2. The van der Waals surface area contributed by atoms with Crippen molar-refractivity contribution in [3.8, 4) is 0 Å². The second-order valence-electron chi connectivity index (χ2n) is 19.3. The van der Waals surface area contributed by atoms with Crippen LogP contribution in [0.4, 0.5) is 0 Å². The number of hydrogen-bond donors (Lipinski definition) is 0. The van der Waals surface area contributed by atoms with Crippen LogP contribution in [-0.2, 0) is 19.1 Å². The number of hydrogen-bond acceptors (Lipinski definition) is 6. The monoisotopic (exact) mass is 897 g/mol. The van der Waals surface area contributed by atoms with Gasteiger partial charge in [-0.2, -0.15) is 22.8 Å². The summed E-state index contributed by atoms with van der Waals surface area (Å²) in [6, 6.07) is 0. The average molecular weight is 897 g/mol. The fourth-order valence-corrected chi connectivity index (χ4v) is 10.5. The Morgan fingerprint density at radius 3 is 2.05 bits per heavy atom. The maximum absolute atomic E-state index is 14.4. The van der Waals surface area contributed by atoms with E-state index in [2.05, 4.69) is 41.5 Å². The molecule has 0 radical (unpaired) electrons. The minimum absolute atomic E-state index is 0. The smallest absolute Gasteiger partial charge is 0.664 e. The molecule has 65 heavy (non-hydrogen) atoms. The van der Waals surface area contributed by atoms with Crippen molar-refractivity contribution in [1.29, 1.82) is 0 Å². The zero-order chi connectivity index (χ0) is 46.4. The van der Waals surface area contributed by atoms with E-state index in [1.165, 1.54) is 64.0 Å². The largest absolute Gasteiger partial charge is 2.00 e. The second kappa shape index (κ2) is 23.1. The van der Waals surface area contributed by atoms with E-state index in [1.54, 1.807) is 6.92 Å². The average Bonchev–Trinajstić information content (AvgIpc) is 4.00. The molecule has 2 aromatic rings. The van der Waals surface area contributed by atoms with Gasteiger partial charge in [-0.1, -0.05) is 140 Å². The Morgan fingerprint density at radius 2 is 1.38 bits per heavy atom. The number of fused-ring (bicyclic) bond motifs is 7. The van der Waals surface area contributed by atoms with Gasteiger partial charge < -0.3 is 30.1 Å². The molecule has 0 unspecified atom stereocenters. The molecule has 0 N–H and O–H groups in total. The second-order valence-corrected chi connectivity index (χ2v) is 19.3. The van der Waals surface area contributed by atoms with Crippen LogP contribution in [0.2, 0.25) is 0 Å². The summed E-state index contributed by atoms with van der Waals surface area (Å²) < 4.78 is 11.0. The van der Waals surface area contributed by atoms with Crippen molar-refractivity contribution in [3.63, 3.8) is 0 Å². The van der Waals surface area contributed by atoms with E-state index in [1.807, 2.05) is 45.1 Å². The fourth-order valence-electron chi connectivity index (χ4n) is 10.5. The first kappa shape index (κ1) is 51.9. The number of rotatable bonds is 20. The quantitative estimate of drug-likeness (QED) is 0.0319. The zero-order valence-corrected chi connectivity index (χ0v) is 42.6. The Bertz CT molecular complexity index is 2250. The number of carbonyl (C=O) groups excluding carboxylic acids is 4. The van der Waals surface area contributed by atoms with Crippen LogP contribution in [0.15, 0.2) is 34.4 Å². The molecule has 8 bridgehead atoms. The summed E-state index contributed by atoms with van der Waals surface area (Å²) in [6.45, 7) is 21.0. The molecular weight excluding hydrogens is 825 g/mol. The van der Waals surface area contributed by atoms with Crippen LogP contribution < -0.4 is 9.97 Å². The van der Waals surface area contributed by atoms with Gasteiger partial charge in [0, 0.05) is 17.5 Å². The number of ketones is 2. The third kappa shape index (κ3) is 11.5. The summed E-state index contributed by atoms with van der Waals surface area (Å²) in [5.74, 6) is -1.64. The van der Waals surface area contributed by atoms with E-state index in [0.29, 0.717) is 68.8 Å². The van der Waals surface area contributed by atoms with Gasteiger partial charge >= 0.3 is 35.0 Å². The maximum atomic E-state index is 14.4. The Labute approximate surface area is 404 Å². The molecule has 4 aliphatic rings. The van der Waals surface area contributed by atoms with Gasteiger partial charge in [0.05, 0.1) is 7.11 Å². The molecular formula is C54H72MgN4O6-2. The first-order valence-corrected chi connectivity index (χ1v) is 24.2. The van der Waals surface area contributed by atoms with Gasteiger partial charge in [0.2, 0.25) is 0 Å². The maximum Gasteiger partial charge on any atom is 2.00 e. The molecule has 5 heterocycles. The van der Waals surface area contributed by atoms with Crippen LogP contribution in [0.3, 0.4) is 0 Å². The predicted molar refractivity (Wildman–Crippen MR) is 262 cm³/mol. The van der Waals surface area contributed by atoms with Crippen molar-refractivity contribution in [3.05, 3.63) is 90.1 Å². The molecule has 3 aliphatic heterocycles. The Balaban J connectivity index is 0.00000793. The van der Waals surface area contributed by atoms with Gasteiger partial charge in [-0.3, -0.25) is 19.2 Å². The molecule has 2 aromatic heterocycles. The van der Waals surface area contributed by atoms with Crippen molar-refractivity contribution in [1.82, 2.24) is 9.97 Å². The van der Waals surface area contributed by atoms with Gasteiger partial charge in [0.25, 0.3) is 0 Å². The van der Waals surface area contributed by atoms with Gasteiger partial charge in [-0.15, -0.1) is 22.8 Å². The third-order valence-electron chi connectivity index (χ3n) is 14.6. The van der Waals surface area contributed by atoms with Crippen LogP contribution in [0, 0.1) is 55.3 Å². The summed E-state index contributed by atoms with van der Waals surface area (Å²) in [7, 11) is 1.28. The first-order valence-electron chi connectivity index (χ1n) is 24.2. The normalized spacial score (nSPS) is 25.6. The summed E-state index contributed by atoms with van der Waals surface area (Å²) in [5, 5.41) is 10.3. The van der Waals surface area contributed by atoms with E-state index < -0.39 is 11.9 Å². The number of unbranched alkanes of at least 4 members (excludes halogenated alkanes) is 2. The van der Waals surface area contributed by atoms with Crippen molar-refractivity contribution in [2.45, 2.75) is 153 Å². The minimum Gasteiger partial charge on any atom is -0.664 e. The van der Waals surface area contributed by atoms with Crippen molar-refractivity contribution in [2.75, 3.05) is 13.7 Å². The van der Waals surface area contributed by atoms with E-state index in [4.69, 9.17) is 30.1 Å². The van der Waals surface area contributed by atoms with Crippen molar-refractivity contribution < 1.29 is 28.7 Å². The summed E-state index contributed by atoms with van der Waals surface area (Å²) in [4.78, 5) is 64.6. The minimum atomic E-state index is -1.24. The van der Waals surface area contributed by atoms with Crippen molar-refractivity contribution >= 4 is 70.4 Å². The van der Waals surface area contributed by atoms with Crippen molar-refractivity contribution in [2.24, 2.45) is 41.4 Å². The van der Waals surface area contributed by atoms with Gasteiger partial charge in [0.15, 0.2) is 11.6 Å². The van der Waals surface area contributed by atoms with Gasteiger partial charge in [-0.25, -0.2) is 0 Å². The molecule has 2 fully saturated rings. The summed E-state index contributed by atoms with van der Waals surface area (Å²) in [5.41, 5.74) is 9.11. The van der Waals surface area contributed by atoms with E-state index in [0.717, 1.165) is 42.1 Å². The Kier molecular flexibility index (Phi) is 18.4. The molecule has 348 valence electrons. The van der Waals surface area contributed by atoms with Crippen LogP contribution in [0.5, 0.6) is 0 Å². The first-order chi connectivity index (χ1) is 30.6. The van der Waals surface area contributed by atoms with Crippen LogP contribution >= 0.6 is 0 Å². The van der Waals surface area contributed by atoms with E-state index in [-0.39, 0.29) is 77.3 Å². The Hall–Kier alpha value is -4.09. The number of esters is 2. The molecule has 6 rings (SSSR count). The standard InChI is InChI=1S/C54H74N4O6.Mg/c1-12-14-15-18-30(3)19-16-20-31(4)21-17-22-32(5)25-26-64-46(60)24-23-39-34(7)41-27-42-35(8)47(37(10)59)45(56-42)29-40-33(6)38(13-2)44(55-40)28-43-36(9)48-52(58-43)49(51(39)57-41)50(53(48)61)54(62)63-11;/h25,27-31,33-34,38-39,50H,12-24,26H2,1-11H3,(H2-2,55,56,57,58,59,61);/q-2;+2/p-2/b32-25+,41-27+,44-28-;/t30-,31-,33-,34+,38-,39+,50-;/m1./s1. The number of allylic oxidation sites excluding steroid dienone is 5. The molecule has 10 nitrogen and oxygen atoms in total. The molecule has 0 spiro atoms. The number of ether oxygens (including phenoxy) is 2. The van der Waals surface area contributed by atoms with Crippen LogP contribution in [0.1, 0.15) is 193 Å². The van der Waals surface area contributed by atoms with Crippen LogP contribution in [0.25, 0.3) is 34.4 Å². The molecule has 1 aliphatic carbocycles. The van der Waals surface area contributed by atoms with E-state index >= 15 is 0 Å². The topological polar surface area (TPSA) is 143 Å². The summed E-state index contributed by atoms with van der Waals surface area (Å²) in [6.07, 6.45) is 21.7. The molecule has 7 atom stereocenters. The number of nitrogens with zero attached hydrogens (tertiary/aromatic N) is 4. The summed E-state index contributed by atoms with van der Waals surface area (Å²) >= 11 is 0. The van der Waals surface area contributed by atoms with Crippen LogP contribution in [-0.4, -0.2) is 60.3 Å². The van der Waals surface area contributed by atoms with Gasteiger partial charge in [-0.05, 0) is 88.5 Å². The Morgan fingerprint density at radius 1 is 0.769 bits per heavy atom. The molecule has 11 heteroatoms. The third-order valence-corrected chi connectivity index (χ3v) is 14.6. The molecule has 0 amide bonds. The fraction of sp³-hybridized carbons (Fsp3) is 0.593. The predicted octanol–water partition coefficient (Wildman–Crippen LogP) is 12.6. The van der Waals surface area contributed by atoms with E-state index in [9.17, 15) is 19.2 Å².